The molecule has 1 heterocycles. The van der Waals surface area contributed by atoms with Crippen LogP contribution in [0.1, 0.15) is 24.2 Å². The van der Waals surface area contributed by atoms with Crippen molar-refractivity contribution in [3.8, 4) is 5.75 Å². The van der Waals surface area contributed by atoms with E-state index in [0.717, 1.165) is 5.69 Å². The molecule has 1 aromatic heterocycles. The average molecular weight is 238 g/mol. The van der Waals surface area contributed by atoms with E-state index in [-0.39, 0.29) is 12.2 Å². The topological polar surface area (TPSA) is 73.7 Å². The van der Waals surface area contributed by atoms with Crippen molar-refractivity contribution in [1.82, 2.24) is 9.88 Å². The van der Waals surface area contributed by atoms with Crippen LogP contribution >= 0.6 is 0 Å². The number of carboxylic acid groups (broad SMARTS) is 1. The zero-order chi connectivity index (χ0) is 12.8. The Morgan fingerprint density at radius 3 is 2.82 bits per heavy atom. The minimum atomic E-state index is -0.782. The van der Waals surface area contributed by atoms with Crippen molar-refractivity contribution < 1.29 is 15.0 Å². The van der Waals surface area contributed by atoms with E-state index < -0.39 is 5.97 Å². The lowest BCUT2D eigenvalue weighted by atomic mass is 10.2. The molecular formula is C12H18N2O3. The number of rotatable bonds is 6. The Balaban J connectivity index is 2.47. The molecular weight excluding hydrogens is 220 g/mol. The van der Waals surface area contributed by atoms with Gasteiger partial charge in [-0.05, 0) is 39.1 Å². The van der Waals surface area contributed by atoms with Crippen LogP contribution in [-0.4, -0.2) is 39.7 Å². The molecule has 0 saturated heterocycles. The van der Waals surface area contributed by atoms with Crippen molar-refractivity contribution in [3.05, 3.63) is 23.5 Å². The predicted molar refractivity (Wildman–Crippen MR) is 63.8 cm³/mol. The van der Waals surface area contributed by atoms with E-state index in [9.17, 15) is 9.90 Å². The van der Waals surface area contributed by atoms with Crippen LogP contribution in [0.2, 0.25) is 0 Å². The molecule has 0 atom stereocenters. The third-order valence-corrected chi connectivity index (χ3v) is 2.44. The fraction of sp³-hybridized carbons (Fsp3) is 0.500. The standard InChI is InChI=1S/C12H18N2O3/c1-9-5-6-11(15)10(13-9)8-14(2)7-3-4-12(16)17/h5-6,15H,3-4,7-8H2,1-2H3,(H,16,17). The molecule has 0 aliphatic carbocycles. The van der Waals surface area contributed by atoms with E-state index in [1.54, 1.807) is 12.1 Å². The van der Waals surface area contributed by atoms with Gasteiger partial charge < -0.3 is 15.1 Å². The Kier molecular flexibility index (Phi) is 4.90. The second kappa shape index (κ2) is 6.20. The lowest BCUT2D eigenvalue weighted by Gasteiger charge is -2.16. The summed E-state index contributed by atoms with van der Waals surface area (Å²) in [4.78, 5) is 16.6. The molecule has 0 bridgehead atoms. The van der Waals surface area contributed by atoms with Gasteiger partial charge in [0, 0.05) is 18.7 Å². The second-order valence-electron chi connectivity index (χ2n) is 4.15. The fourth-order valence-corrected chi connectivity index (χ4v) is 1.55. The molecule has 0 fully saturated rings. The minimum absolute atomic E-state index is 0.164. The summed E-state index contributed by atoms with van der Waals surface area (Å²) in [5, 5.41) is 18.1. The first-order valence-electron chi connectivity index (χ1n) is 5.55. The molecule has 1 rings (SSSR count). The number of hydrogen-bond donors (Lipinski definition) is 2. The van der Waals surface area contributed by atoms with Gasteiger partial charge >= 0.3 is 5.97 Å². The molecule has 0 aliphatic heterocycles. The van der Waals surface area contributed by atoms with Crippen molar-refractivity contribution >= 4 is 5.97 Å². The van der Waals surface area contributed by atoms with Crippen LogP contribution in [0.4, 0.5) is 0 Å². The zero-order valence-electron chi connectivity index (χ0n) is 10.2. The predicted octanol–water partition coefficient (Wildman–Crippen LogP) is 1.39. The summed E-state index contributed by atoms with van der Waals surface area (Å²) in [5.41, 5.74) is 1.49. The van der Waals surface area contributed by atoms with E-state index in [2.05, 4.69) is 4.98 Å². The third kappa shape index (κ3) is 4.82. The molecule has 0 aromatic carbocycles. The first kappa shape index (κ1) is 13.4. The molecule has 5 heteroatoms. The van der Waals surface area contributed by atoms with E-state index in [1.165, 1.54) is 0 Å². The SMILES string of the molecule is Cc1ccc(O)c(CN(C)CCCC(=O)O)n1. The average Bonchev–Trinajstić information content (AvgIpc) is 2.23. The van der Waals surface area contributed by atoms with Crippen LogP contribution in [0, 0.1) is 6.92 Å². The molecule has 0 aliphatic rings. The smallest absolute Gasteiger partial charge is 0.303 e. The number of carbonyl (C=O) groups is 1. The molecule has 0 saturated carbocycles. The molecule has 2 N–H and O–H groups in total. The minimum Gasteiger partial charge on any atom is -0.506 e. The van der Waals surface area contributed by atoms with Crippen LogP contribution in [-0.2, 0) is 11.3 Å². The highest BCUT2D eigenvalue weighted by atomic mass is 16.4. The summed E-state index contributed by atoms with van der Waals surface area (Å²) >= 11 is 0. The van der Waals surface area contributed by atoms with Crippen LogP contribution in [0.25, 0.3) is 0 Å². The van der Waals surface area contributed by atoms with Gasteiger partial charge in [-0.1, -0.05) is 0 Å². The molecule has 1 aromatic rings. The van der Waals surface area contributed by atoms with Crippen molar-refractivity contribution in [1.29, 1.82) is 0 Å². The van der Waals surface area contributed by atoms with Crippen molar-refractivity contribution in [2.45, 2.75) is 26.3 Å². The number of aromatic hydroxyl groups is 1. The zero-order valence-corrected chi connectivity index (χ0v) is 10.2. The highest BCUT2D eigenvalue weighted by molar-refractivity contribution is 5.66. The molecule has 5 nitrogen and oxygen atoms in total. The van der Waals surface area contributed by atoms with Crippen molar-refractivity contribution in [2.75, 3.05) is 13.6 Å². The summed E-state index contributed by atoms with van der Waals surface area (Å²) in [6.45, 7) is 3.06. The number of aromatic nitrogens is 1. The van der Waals surface area contributed by atoms with Crippen LogP contribution in [0.5, 0.6) is 5.75 Å². The van der Waals surface area contributed by atoms with Gasteiger partial charge in [0.2, 0.25) is 0 Å². The first-order valence-corrected chi connectivity index (χ1v) is 5.55. The highest BCUT2D eigenvalue weighted by Gasteiger charge is 2.07. The van der Waals surface area contributed by atoms with Crippen LogP contribution in [0.3, 0.4) is 0 Å². The Morgan fingerprint density at radius 2 is 2.18 bits per heavy atom. The molecule has 0 radical (unpaired) electrons. The van der Waals surface area contributed by atoms with Gasteiger partial charge in [-0.25, -0.2) is 0 Å². The Morgan fingerprint density at radius 1 is 1.47 bits per heavy atom. The van der Waals surface area contributed by atoms with Crippen LogP contribution in [0.15, 0.2) is 12.1 Å². The van der Waals surface area contributed by atoms with E-state index in [0.29, 0.717) is 25.2 Å². The van der Waals surface area contributed by atoms with Gasteiger partial charge in [0.25, 0.3) is 0 Å². The number of nitrogens with zero attached hydrogens (tertiary/aromatic N) is 2. The molecule has 0 amide bonds. The van der Waals surface area contributed by atoms with Gasteiger partial charge in [0.1, 0.15) is 5.75 Å². The molecule has 0 spiro atoms. The monoisotopic (exact) mass is 238 g/mol. The van der Waals surface area contributed by atoms with Gasteiger partial charge in [-0.2, -0.15) is 0 Å². The largest absolute Gasteiger partial charge is 0.506 e. The highest BCUT2D eigenvalue weighted by Crippen LogP contribution is 2.16. The number of hydrogen-bond acceptors (Lipinski definition) is 4. The quantitative estimate of drug-likeness (QED) is 0.783. The summed E-state index contributed by atoms with van der Waals surface area (Å²) in [7, 11) is 1.88. The number of carboxylic acids is 1. The number of pyridine rings is 1. The Labute approximate surface area is 101 Å². The molecule has 0 unspecified atom stereocenters. The van der Waals surface area contributed by atoms with Crippen molar-refractivity contribution in [2.24, 2.45) is 0 Å². The van der Waals surface area contributed by atoms with E-state index >= 15 is 0 Å². The van der Waals surface area contributed by atoms with Crippen LogP contribution < -0.4 is 0 Å². The maximum atomic E-state index is 10.4. The van der Waals surface area contributed by atoms with Gasteiger partial charge in [-0.15, -0.1) is 0 Å². The molecule has 17 heavy (non-hydrogen) atoms. The summed E-state index contributed by atoms with van der Waals surface area (Å²) in [6, 6.07) is 3.38. The maximum Gasteiger partial charge on any atom is 0.303 e. The van der Waals surface area contributed by atoms with Gasteiger partial charge in [-0.3, -0.25) is 9.78 Å². The summed E-state index contributed by atoms with van der Waals surface area (Å²) in [6.07, 6.45) is 0.760. The number of aliphatic carboxylic acids is 1. The van der Waals surface area contributed by atoms with Gasteiger partial charge in [0.15, 0.2) is 0 Å². The normalized spacial score (nSPS) is 10.8. The fourth-order valence-electron chi connectivity index (χ4n) is 1.55. The molecule has 94 valence electrons. The first-order chi connectivity index (χ1) is 7.99. The summed E-state index contributed by atoms with van der Waals surface area (Å²) in [5.74, 6) is -0.601. The lowest BCUT2D eigenvalue weighted by molar-refractivity contribution is -0.137. The Bertz CT molecular complexity index is 393. The van der Waals surface area contributed by atoms with Gasteiger partial charge in [0.05, 0.1) is 5.69 Å². The third-order valence-electron chi connectivity index (χ3n) is 2.44. The second-order valence-corrected chi connectivity index (χ2v) is 4.15. The Hall–Kier alpha value is -1.62. The number of aryl methyl sites for hydroxylation is 1. The summed E-state index contributed by atoms with van der Waals surface area (Å²) < 4.78 is 0. The maximum absolute atomic E-state index is 10.4. The lowest BCUT2D eigenvalue weighted by Crippen LogP contribution is -2.20. The van der Waals surface area contributed by atoms with E-state index in [1.807, 2.05) is 18.9 Å². The van der Waals surface area contributed by atoms with E-state index in [4.69, 9.17) is 5.11 Å². The van der Waals surface area contributed by atoms with Crippen molar-refractivity contribution in [3.63, 3.8) is 0 Å².